The molecule has 0 fully saturated rings. The second-order valence-electron chi connectivity index (χ2n) is 4.64. The lowest BCUT2D eigenvalue weighted by molar-refractivity contribution is 0.293. The number of hydrogen-bond acceptors (Lipinski definition) is 4. The van der Waals surface area contributed by atoms with Crippen LogP contribution in [0, 0.1) is 5.92 Å². The summed E-state index contributed by atoms with van der Waals surface area (Å²) >= 11 is 0. The van der Waals surface area contributed by atoms with Crippen LogP contribution in [-0.2, 0) is 6.54 Å². The smallest absolute Gasteiger partial charge is 0.115 e. The summed E-state index contributed by atoms with van der Waals surface area (Å²) in [4.78, 5) is 10.3. The van der Waals surface area contributed by atoms with Gasteiger partial charge in [-0.25, -0.2) is 9.97 Å². The Balaban J connectivity index is 2.29. The van der Waals surface area contributed by atoms with Crippen molar-refractivity contribution >= 4 is 0 Å². The van der Waals surface area contributed by atoms with Crippen molar-refractivity contribution in [1.82, 2.24) is 14.9 Å². The summed E-state index contributed by atoms with van der Waals surface area (Å²) in [5.41, 5.74) is 7.06. The van der Waals surface area contributed by atoms with Gasteiger partial charge in [-0.3, -0.25) is 0 Å². The van der Waals surface area contributed by atoms with E-state index in [1.54, 1.807) is 12.5 Å². The molecule has 1 atom stereocenters. The second-order valence-corrected chi connectivity index (χ2v) is 4.64. The lowest BCUT2D eigenvalue weighted by atomic mass is 10.0. The van der Waals surface area contributed by atoms with Crippen molar-refractivity contribution in [3.8, 4) is 0 Å². The molecule has 1 aromatic rings. The molecule has 2 N–H and O–H groups in total. The van der Waals surface area contributed by atoms with Crippen LogP contribution in [0.4, 0.5) is 0 Å². The number of aromatic nitrogens is 2. The molecule has 4 nitrogen and oxygen atoms in total. The molecule has 16 heavy (non-hydrogen) atoms. The third kappa shape index (κ3) is 4.68. The van der Waals surface area contributed by atoms with Crippen molar-refractivity contribution in [1.29, 1.82) is 0 Å². The Morgan fingerprint density at radius 1 is 1.44 bits per heavy atom. The van der Waals surface area contributed by atoms with Crippen molar-refractivity contribution in [2.45, 2.75) is 32.9 Å². The highest BCUT2D eigenvalue weighted by Gasteiger charge is 2.09. The number of nitrogens with two attached hydrogens (primary N) is 1. The van der Waals surface area contributed by atoms with Crippen LogP contribution in [0.2, 0.25) is 0 Å². The highest BCUT2D eigenvalue weighted by molar-refractivity contribution is 4.97. The normalized spacial score (nSPS) is 13.4. The van der Waals surface area contributed by atoms with Crippen molar-refractivity contribution in [2.24, 2.45) is 11.7 Å². The zero-order valence-corrected chi connectivity index (χ0v) is 10.4. The molecule has 1 rings (SSSR count). The molecule has 0 aliphatic rings. The largest absolute Gasteiger partial charge is 0.327 e. The van der Waals surface area contributed by atoms with E-state index in [1.165, 1.54) is 0 Å². The van der Waals surface area contributed by atoms with E-state index in [9.17, 15) is 0 Å². The first-order chi connectivity index (χ1) is 7.59. The number of nitrogens with zero attached hydrogens (tertiary/aromatic N) is 3. The third-order valence-corrected chi connectivity index (χ3v) is 2.78. The first-order valence-electron chi connectivity index (χ1n) is 5.78. The zero-order valence-electron chi connectivity index (χ0n) is 10.4. The van der Waals surface area contributed by atoms with E-state index in [4.69, 9.17) is 5.73 Å². The van der Waals surface area contributed by atoms with Crippen molar-refractivity contribution < 1.29 is 0 Å². The third-order valence-electron chi connectivity index (χ3n) is 2.78. The molecule has 0 saturated heterocycles. The van der Waals surface area contributed by atoms with Gasteiger partial charge in [0, 0.05) is 18.8 Å². The summed E-state index contributed by atoms with van der Waals surface area (Å²) in [6, 6.07) is 2.23. The molecule has 0 saturated carbocycles. The zero-order chi connectivity index (χ0) is 12.0. The van der Waals surface area contributed by atoms with E-state index < -0.39 is 0 Å². The van der Waals surface area contributed by atoms with Crippen LogP contribution in [-0.4, -0.2) is 34.5 Å². The van der Waals surface area contributed by atoms with Gasteiger partial charge in [-0.1, -0.05) is 13.8 Å². The summed E-state index contributed by atoms with van der Waals surface area (Å²) in [7, 11) is 2.09. The molecule has 90 valence electrons. The first-order valence-corrected chi connectivity index (χ1v) is 5.78. The van der Waals surface area contributed by atoms with Crippen LogP contribution in [0.15, 0.2) is 18.6 Å². The lowest BCUT2D eigenvalue weighted by Gasteiger charge is -2.20. The Hall–Kier alpha value is -1.00. The standard InChI is InChI=1S/C12H22N4/c1-10(2)12(13)5-7-16(3)8-11-4-6-14-9-15-11/h4,6,9-10,12H,5,7-8,13H2,1-3H3. The topological polar surface area (TPSA) is 55.0 Å². The van der Waals surface area contributed by atoms with Crippen LogP contribution in [0.5, 0.6) is 0 Å². The molecule has 0 aromatic carbocycles. The fourth-order valence-electron chi connectivity index (χ4n) is 1.47. The van der Waals surface area contributed by atoms with Gasteiger partial charge in [-0.15, -0.1) is 0 Å². The molecular weight excluding hydrogens is 200 g/mol. The van der Waals surface area contributed by atoms with Crippen LogP contribution in [0.1, 0.15) is 26.0 Å². The van der Waals surface area contributed by atoms with E-state index in [1.807, 2.05) is 6.07 Å². The van der Waals surface area contributed by atoms with E-state index in [2.05, 4.69) is 35.8 Å². The molecule has 1 aromatic heterocycles. The van der Waals surface area contributed by atoms with E-state index >= 15 is 0 Å². The summed E-state index contributed by atoms with van der Waals surface area (Å²) < 4.78 is 0. The fraction of sp³-hybridized carbons (Fsp3) is 0.667. The molecule has 1 unspecified atom stereocenters. The van der Waals surface area contributed by atoms with Gasteiger partial charge >= 0.3 is 0 Å². The van der Waals surface area contributed by atoms with Gasteiger partial charge in [-0.2, -0.15) is 0 Å². The maximum atomic E-state index is 6.01. The van der Waals surface area contributed by atoms with Gasteiger partial charge in [0.1, 0.15) is 6.33 Å². The Morgan fingerprint density at radius 2 is 2.19 bits per heavy atom. The first kappa shape index (κ1) is 13.1. The van der Waals surface area contributed by atoms with Crippen LogP contribution >= 0.6 is 0 Å². The van der Waals surface area contributed by atoms with Gasteiger partial charge in [0.2, 0.25) is 0 Å². The lowest BCUT2D eigenvalue weighted by Crippen LogP contribution is -2.31. The maximum Gasteiger partial charge on any atom is 0.115 e. The highest BCUT2D eigenvalue weighted by atomic mass is 15.1. The van der Waals surface area contributed by atoms with E-state index in [-0.39, 0.29) is 6.04 Å². The minimum absolute atomic E-state index is 0.285. The maximum absolute atomic E-state index is 6.01. The molecular formula is C12H22N4. The molecule has 0 aliphatic heterocycles. The Bertz CT molecular complexity index is 286. The predicted molar refractivity (Wildman–Crippen MR) is 65.8 cm³/mol. The quantitative estimate of drug-likeness (QED) is 0.788. The Labute approximate surface area is 97.9 Å². The van der Waals surface area contributed by atoms with Crippen LogP contribution in [0.25, 0.3) is 0 Å². The summed E-state index contributed by atoms with van der Waals surface area (Å²) in [5, 5.41) is 0. The number of rotatable bonds is 6. The highest BCUT2D eigenvalue weighted by Crippen LogP contribution is 2.05. The predicted octanol–water partition coefficient (Wildman–Crippen LogP) is 1.28. The molecule has 0 radical (unpaired) electrons. The summed E-state index contributed by atoms with van der Waals surface area (Å²) in [5.74, 6) is 0.549. The molecule has 0 aliphatic carbocycles. The average molecular weight is 222 g/mol. The molecule has 0 amide bonds. The molecule has 0 bridgehead atoms. The van der Waals surface area contributed by atoms with E-state index in [0.717, 1.165) is 25.2 Å². The number of hydrogen-bond donors (Lipinski definition) is 1. The molecule has 1 heterocycles. The van der Waals surface area contributed by atoms with Crippen LogP contribution in [0.3, 0.4) is 0 Å². The minimum atomic E-state index is 0.285. The fourth-order valence-corrected chi connectivity index (χ4v) is 1.47. The van der Waals surface area contributed by atoms with Crippen molar-refractivity contribution in [3.05, 3.63) is 24.3 Å². The van der Waals surface area contributed by atoms with Gasteiger partial charge < -0.3 is 10.6 Å². The Kier molecular flexibility index (Phi) is 5.35. The van der Waals surface area contributed by atoms with Gasteiger partial charge in [-0.05, 0) is 32.0 Å². The van der Waals surface area contributed by atoms with Gasteiger partial charge in [0.05, 0.1) is 5.69 Å². The minimum Gasteiger partial charge on any atom is -0.327 e. The summed E-state index contributed by atoms with van der Waals surface area (Å²) in [6.45, 7) is 6.18. The molecule has 4 heteroatoms. The van der Waals surface area contributed by atoms with E-state index in [0.29, 0.717) is 5.92 Å². The van der Waals surface area contributed by atoms with Crippen LogP contribution < -0.4 is 5.73 Å². The van der Waals surface area contributed by atoms with Gasteiger partial charge in [0.15, 0.2) is 0 Å². The monoisotopic (exact) mass is 222 g/mol. The second kappa shape index (κ2) is 6.55. The average Bonchev–Trinajstić information content (AvgIpc) is 2.27. The Morgan fingerprint density at radius 3 is 2.75 bits per heavy atom. The molecule has 0 spiro atoms. The van der Waals surface area contributed by atoms with Crippen molar-refractivity contribution in [3.63, 3.8) is 0 Å². The van der Waals surface area contributed by atoms with Crippen molar-refractivity contribution in [2.75, 3.05) is 13.6 Å². The SMILES string of the molecule is CC(C)C(N)CCN(C)Cc1ccncn1. The van der Waals surface area contributed by atoms with Gasteiger partial charge in [0.25, 0.3) is 0 Å². The summed E-state index contributed by atoms with van der Waals surface area (Å²) in [6.07, 6.45) is 4.39.